The molecular weight excluding hydrogens is 380 g/mol. The third kappa shape index (κ3) is 2.49. The fourth-order valence-corrected chi connectivity index (χ4v) is 4.82. The van der Waals surface area contributed by atoms with E-state index in [-0.39, 0.29) is 22.6 Å². The maximum atomic E-state index is 13.1. The average molecular weight is 400 g/mol. The molecule has 0 saturated carbocycles. The van der Waals surface area contributed by atoms with E-state index in [0.717, 1.165) is 11.1 Å². The molecule has 3 N–H and O–H groups in total. The third-order valence-corrected chi connectivity index (χ3v) is 6.15. The molecule has 2 aliphatic carbocycles. The Hall–Kier alpha value is -3.57. The van der Waals surface area contributed by atoms with Gasteiger partial charge >= 0.3 is 0 Å². The lowest BCUT2D eigenvalue weighted by Gasteiger charge is -2.37. The standard InChI is InChI=1S/C25H20O5/c1-30-20-10-4-5-14-13(20)11-12-17(24(14)28)21-15-6-2-8-18(26)22(15)25(29)23-16(21)7-3-9-19(23)27/h2-12,17,21,24,26-28H,1H3/t17?,24-/m1/s1. The molecule has 0 aromatic heterocycles. The minimum Gasteiger partial charge on any atom is -0.507 e. The number of carbonyl (C=O) groups excluding carboxylic acids is 1. The minimum absolute atomic E-state index is 0.132. The predicted octanol–water partition coefficient (Wildman–Crippen LogP) is 4.16. The summed E-state index contributed by atoms with van der Waals surface area (Å²) in [4.78, 5) is 13.1. The van der Waals surface area contributed by atoms with Gasteiger partial charge in [-0.1, -0.05) is 48.6 Å². The van der Waals surface area contributed by atoms with Gasteiger partial charge in [0.25, 0.3) is 0 Å². The van der Waals surface area contributed by atoms with Gasteiger partial charge in [0.05, 0.1) is 24.3 Å². The largest absolute Gasteiger partial charge is 0.507 e. The first-order valence-corrected chi connectivity index (χ1v) is 9.74. The molecule has 5 rings (SSSR count). The van der Waals surface area contributed by atoms with E-state index in [0.29, 0.717) is 16.9 Å². The van der Waals surface area contributed by atoms with Crippen molar-refractivity contribution in [1.29, 1.82) is 0 Å². The molecule has 2 aliphatic rings. The van der Waals surface area contributed by atoms with Crippen LogP contribution >= 0.6 is 0 Å². The Bertz CT molecular complexity index is 1150. The monoisotopic (exact) mass is 400 g/mol. The maximum Gasteiger partial charge on any atom is 0.201 e. The molecule has 3 aromatic rings. The first-order valence-electron chi connectivity index (χ1n) is 9.74. The molecule has 3 aromatic carbocycles. The van der Waals surface area contributed by atoms with Crippen molar-refractivity contribution in [3.05, 3.63) is 94.1 Å². The molecule has 1 unspecified atom stereocenters. The first kappa shape index (κ1) is 18.5. The summed E-state index contributed by atoms with van der Waals surface area (Å²) in [5.41, 5.74) is 3.18. The predicted molar refractivity (Wildman–Crippen MR) is 112 cm³/mol. The number of aliphatic hydroxyl groups is 1. The molecule has 0 aliphatic heterocycles. The van der Waals surface area contributed by atoms with Crippen LogP contribution in [0.4, 0.5) is 0 Å². The van der Waals surface area contributed by atoms with E-state index in [9.17, 15) is 20.1 Å². The van der Waals surface area contributed by atoms with E-state index in [4.69, 9.17) is 4.74 Å². The number of phenolic OH excluding ortho intramolecular Hbond substituents is 2. The first-order chi connectivity index (χ1) is 14.5. The Labute approximate surface area is 173 Å². The van der Waals surface area contributed by atoms with Crippen LogP contribution in [0, 0.1) is 5.92 Å². The highest BCUT2D eigenvalue weighted by molar-refractivity contribution is 6.16. The van der Waals surface area contributed by atoms with E-state index in [1.165, 1.54) is 12.1 Å². The maximum absolute atomic E-state index is 13.1. The summed E-state index contributed by atoms with van der Waals surface area (Å²) in [6.07, 6.45) is 2.98. The number of ether oxygens (including phenoxy) is 1. The van der Waals surface area contributed by atoms with Crippen LogP contribution in [0.25, 0.3) is 6.08 Å². The van der Waals surface area contributed by atoms with Gasteiger partial charge in [-0.3, -0.25) is 4.79 Å². The van der Waals surface area contributed by atoms with Crippen molar-refractivity contribution in [3.63, 3.8) is 0 Å². The minimum atomic E-state index is -0.858. The van der Waals surface area contributed by atoms with Gasteiger partial charge < -0.3 is 20.1 Å². The number of carbonyl (C=O) groups is 1. The van der Waals surface area contributed by atoms with Crippen molar-refractivity contribution in [2.45, 2.75) is 12.0 Å². The van der Waals surface area contributed by atoms with E-state index in [1.807, 2.05) is 30.4 Å². The quantitative estimate of drug-likeness (QED) is 0.601. The molecule has 30 heavy (non-hydrogen) atoms. The molecule has 0 heterocycles. The lowest BCUT2D eigenvalue weighted by atomic mass is 9.67. The molecule has 0 spiro atoms. The molecule has 0 radical (unpaired) electrons. The van der Waals surface area contributed by atoms with Crippen LogP contribution in [0.3, 0.4) is 0 Å². The second-order valence-electron chi connectivity index (χ2n) is 7.63. The number of aromatic hydroxyl groups is 2. The Kier molecular flexibility index (Phi) is 4.15. The lowest BCUT2D eigenvalue weighted by Crippen LogP contribution is -2.29. The van der Waals surface area contributed by atoms with E-state index >= 15 is 0 Å². The summed E-state index contributed by atoms with van der Waals surface area (Å²) in [7, 11) is 1.59. The van der Waals surface area contributed by atoms with Crippen LogP contribution in [-0.2, 0) is 0 Å². The SMILES string of the molecule is COc1cccc2c1C=CC(C1c3cccc(O)c3C(=O)c3c(O)cccc31)[C@@H]2O. The molecular formula is C25H20O5. The van der Waals surface area contributed by atoms with E-state index in [2.05, 4.69) is 0 Å². The summed E-state index contributed by atoms with van der Waals surface area (Å²) < 4.78 is 5.43. The van der Waals surface area contributed by atoms with Gasteiger partial charge in [-0.15, -0.1) is 0 Å². The lowest BCUT2D eigenvalue weighted by molar-refractivity contribution is 0.101. The zero-order chi connectivity index (χ0) is 21.0. The summed E-state index contributed by atoms with van der Waals surface area (Å²) >= 11 is 0. The van der Waals surface area contributed by atoms with Crippen molar-refractivity contribution in [3.8, 4) is 17.2 Å². The van der Waals surface area contributed by atoms with Crippen LogP contribution in [0.5, 0.6) is 17.2 Å². The number of ketones is 1. The number of hydrogen-bond acceptors (Lipinski definition) is 5. The summed E-state index contributed by atoms with van der Waals surface area (Å²) in [5, 5.41) is 32.2. The van der Waals surface area contributed by atoms with Crippen molar-refractivity contribution in [2.24, 2.45) is 5.92 Å². The Morgan fingerprint density at radius 1 is 0.833 bits per heavy atom. The fourth-order valence-electron chi connectivity index (χ4n) is 4.82. The Balaban J connectivity index is 1.73. The summed E-state index contributed by atoms with van der Waals surface area (Å²) in [6.45, 7) is 0. The molecule has 0 amide bonds. The number of rotatable bonds is 2. The fraction of sp³-hybridized carbons (Fsp3) is 0.160. The average Bonchev–Trinajstić information content (AvgIpc) is 2.74. The van der Waals surface area contributed by atoms with E-state index < -0.39 is 23.7 Å². The number of fused-ring (bicyclic) bond motifs is 3. The van der Waals surface area contributed by atoms with Crippen molar-refractivity contribution < 1.29 is 24.9 Å². The van der Waals surface area contributed by atoms with Crippen LogP contribution in [-0.4, -0.2) is 28.2 Å². The van der Waals surface area contributed by atoms with Crippen LogP contribution in [0.15, 0.2) is 60.7 Å². The molecule has 0 saturated heterocycles. The Morgan fingerprint density at radius 2 is 1.40 bits per heavy atom. The highest BCUT2D eigenvalue weighted by Crippen LogP contribution is 2.51. The van der Waals surface area contributed by atoms with E-state index in [1.54, 1.807) is 31.4 Å². The highest BCUT2D eigenvalue weighted by Gasteiger charge is 2.41. The molecule has 0 fully saturated rings. The van der Waals surface area contributed by atoms with Gasteiger partial charge in [0, 0.05) is 17.4 Å². The normalized spacial score (nSPS) is 19.7. The number of hydrogen-bond donors (Lipinski definition) is 3. The molecule has 2 atom stereocenters. The van der Waals surface area contributed by atoms with Gasteiger partial charge in [0.2, 0.25) is 5.78 Å². The van der Waals surface area contributed by atoms with Crippen molar-refractivity contribution in [2.75, 3.05) is 7.11 Å². The van der Waals surface area contributed by atoms with Gasteiger partial charge in [-0.05, 0) is 34.9 Å². The zero-order valence-corrected chi connectivity index (χ0v) is 16.2. The zero-order valence-electron chi connectivity index (χ0n) is 16.2. The molecule has 150 valence electrons. The van der Waals surface area contributed by atoms with Crippen LogP contribution < -0.4 is 4.74 Å². The molecule has 0 bridgehead atoms. The van der Waals surface area contributed by atoms with Gasteiger partial charge in [0.15, 0.2) is 0 Å². The Morgan fingerprint density at radius 3 is 2.00 bits per heavy atom. The molecule has 5 nitrogen and oxygen atoms in total. The van der Waals surface area contributed by atoms with Gasteiger partial charge in [-0.25, -0.2) is 0 Å². The van der Waals surface area contributed by atoms with Crippen LogP contribution in [0.2, 0.25) is 0 Å². The smallest absolute Gasteiger partial charge is 0.201 e. The van der Waals surface area contributed by atoms with Crippen LogP contribution in [0.1, 0.15) is 50.2 Å². The third-order valence-electron chi connectivity index (χ3n) is 6.15. The second kappa shape index (κ2) is 6.75. The summed E-state index contributed by atoms with van der Waals surface area (Å²) in [5.74, 6) is -0.822. The van der Waals surface area contributed by atoms with Crippen molar-refractivity contribution in [1.82, 2.24) is 0 Å². The number of methoxy groups -OCH3 is 1. The summed E-state index contributed by atoms with van der Waals surface area (Å²) in [6, 6.07) is 15.4. The van der Waals surface area contributed by atoms with Crippen molar-refractivity contribution >= 4 is 11.9 Å². The number of phenols is 2. The highest BCUT2D eigenvalue weighted by atomic mass is 16.5. The number of aliphatic hydroxyl groups excluding tert-OH is 1. The topological polar surface area (TPSA) is 87.0 Å². The van der Waals surface area contributed by atoms with Gasteiger partial charge in [-0.2, -0.15) is 0 Å². The van der Waals surface area contributed by atoms with Gasteiger partial charge in [0.1, 0.15) is 17.2 Å². The number of benzene rings is 3. The molecule has 5 heteroatoms. The second-order valence-corrected chi connectivity index (χ2v) is 7.63.